The molecule has 0 radical (unpaired) electrons. The lowest BCUT2D eigenvalue weighted by molar-refractivity contribution is -0.288. The van der Waals surface area contributed by atoms with Crippen LogP contribution in [0, 0.1) is 17.3 Å². The lowest BCUT2D eigenvalue weighted by atomic mass is 9.70. The Balaban J connectivity index is 5.08. The average Bonchev–Trinajstić information content (AvgIpc) is 2.44. The van der Waals surface area contributed by atoms with Crippen molar-refractivity contribution in [3.63, 3.8) is 0 Å². The van der Waals surface area contributed by atoms with Crippen molar-refractivity contribution >= 4 is 0 Å². The fourth-order valence-corrected chi connectivity index (χ4v) is 4.00. The second-order valence-electron chi connectivity index (χ2n) is 8.75. The molecule has 0 aromatic carbocycles. The number of ether oxygens (including phenoxy) is 2. The van der Waals surface area contributed by atoms with Crippen LogP contribution in [0.4, 0.5) is 0 Å². The molecule has 1 unspecified atom stereocenters. The van der Waals surface area contributed by atoms with Crippen LogP contribution >= 0.6 is 0 Å². The van der Waals surface area contributed by atoms with Crippen LogP contribution in [0.3, 0.4) is 0 Å². The third-order valence-electron chi connectivity index (χ3n) is 4.89. The molecule has 0 rings (SSSR count). The van der Waals surface area contributed by atoms with Crippen LogP contribution < -0.4 is 0 Å². The minimum atomic E-state index is -0.431. The van der Waals surface area contributed by atoms with Crippen molar-refractivity contribution in [2.75, 3.05) is 13.2 Å². The van der Waals surface area contributed by atoms with Crippen molar-refractivity contribution in [2.24, 2.45) is 17.3 Å². The van der Waals surface area contributed by atoms with Gasteiger partial charge >= 0.3 is 0 Å². The van der Waals surface area contributed by atoms with Crippen LogP contribution in [-0.2, 0) is 9.47 Å². The van der Waals surface area contributed by atoms with Gasteiger partial charge in [-0.1, -0.05) is 80.1 Å². The van der Waals surface area contributed by atoms with E-state index in [9.17, 15) is 0 Å². The molecular weight excluding hydrogens is 296 g/mol. The summed E-state index contributed by atoms with van der Waals surface area (Å²) < 4.78 is 12.7. The van der Waals surface area contributed by atoms with Gasteiger partial charge < -0.3 is 9.47 Å². The molecule has 0 aliphatic carbocycles. The van der Waals surface area contributed by atoms with Gasteiger partial charge in [0.15, 0.2) is 5.79 Å². The average molecular weight is 343 g/mol. The SMILES string of the molecule is CCCCCCCCC(C(C)(C)C)C(CC(C)C)(OCC)OCC. The Hall–Kier alpha value is -0.0800. The molecule has 1 atom stereocenters. The smallest absolute Gasteiger partial charge is 0.171 e. The van der Waals surface area contributed by atoms with Crippen molar-refractivity contribution < 1.29 is 9.47 Å². The number of hydrogen-bond donors (Lipinski definition) is 0. The predicted molar refractivity (Wildman–Crippen MR) is 106 cm³/mol. The molecule has 24 heavy (non-hydrogen) atoms. The third-order valence-corrected chi connectivity index (χ3v) is 4.89. The van der Waals surface area contributed by atoms with E-state index in [4.69, 9.17) is 9.47 Å². The molecule has 2 nitrogen and oxygen atoms in total. The van der Waals surface area contributed by atoms with E-state index in [2.05, 4.69) is 55.4 Å². The van der Waals surface area contributed by atoms with Crippen LogP contribution in [0.5, 0.6) is 0 Å². The van der Waals surface area contributed by atoms with Crippen LogP contribution in [0.2, 0.25) is 0 Å². The standard InChI is InChI=1S/C22H46O2/c1-9-12-13-14-15-16-17-20(21(6,7)8)22(23-10-2,24-11-3)18-19(4)5/h19-20H,9-18H2,1-8H3. The van der Waals surface area contributed by atoms with Gasteiger partial charge in [-0.3, -0.25) is 0 Å². The first-order valence-electron chi connectivity index (χ1n) is 10.5. The monoisotopic (exact) mass is 342 g/mol. The Morgan fingerprint density at radius 3 is 1.67 bits per heavy atom. The van der Waals surface area contributed by atoms with E-state index in [1.165, 1.54) is 44.9 Å². The molecule has 0 aliphatic heterocycles. The number of unbranched alkanes of at least 4 members (excludes halogenated alkanes) is 5. The van der Waals surface area contributed by atoms with Crippen LogP contribution in [0.25, 0.3) is 0 Å². The highest BCUT2D eigenvalue weighted by molar-refractivity contribution is 4.89. The minimum Gasteiger partial charge on any atom is -0.350 e. The van der Waals surface area contributed by atoms with Crippen molar-refractivity contribution in [3.05, 3.63) is 0 Å². The highest BCUT2D eigenvalue weighted by Crippen LogP contribution is 2.44. The second kappa shape index (κ2) is 12.3. The second-order valence-corrected chi connectivity index (χ2v) is 8.75. The van der Waals surface area contributed by atoms with E-state index in [1.807, 2.05) is 0 Å². The van der Waals surface area contributed by atoms with Gasteiger partial charge in [-0.05, 0) is 31.6 Å². The molecule has 0 aliphatic rings. The summed E-state index contributed by atoms with van der Waals surface area (Å²) in [5.74, 6) is 0.565. The number of rotatable bonds is 14. The Labute approximate surface area is 153 Å². The molecule has 146 valence electrons. The van der Waals surface area contributed by atoms with Gasteiger partial charge in [0.25, 0.3) is 0 Å². The predicted octanol–water partition coefficient (Wildman–Crippen LogP) is 7.21. The zero-order valence-corrected chi connectivity index (χ0v) is 18.0. The summed E-state index contributed by atoms with van der Waals surface area (Å²) in [5.41, 5.74) is 0.183. The molecule has 0 saturated heterocycles. The van der Waals surface area contributed by atoms with Gasteiger partial charge in [0.05, 0.1) is 0 Å². The summed E-state index contributed by atoms with van der Waals surface area (Å²) in [6.45, 7) is 19.5. The van der Waals surface area contributed by atoms with Crippen LogP contribution in [0.15, 0.2) is 0 Å². The maximum atomic E-state index is 6.34. The van der Waals surface area contributed by atoms with E-state index in [0.29, 0.717) is 11.8 Å². The molecule has 0 aromatic heterocycles. The normalized spacial score (nSPS) is 14.4. The summed E-state index contributed by atoms with van der Waals surface area (Å²) >= 11 is 0. The fourth-order valence-electron chi connectivity index (χ4n) is 4.00. The van der Waals surface area contributed by atoms with Gasteiger partial charge in [0.2, 0.25) is 0 Å². The van der Waals surface area contributed by atoms with E-state index >= 15 is 0 Å². The molecule has 0 saturated carbocycles. The maximum absolute atomic E-state index is 6.34. The van der Waals surface area contributed by atoms with Gasteiger partial charge in [-0.2, -0.15) is 0 Å². The largest absolute Gasteiger partial charge is 0.350 e. The van der Waals surface area contributed by atoms with Crippen molar-refractivity contribution in [3.8, 4) is 0 Å². The summed E-state index contributed by atoms with van der Waals surface area (Å²) in [5, 5.41) is 0. The van der Waals surface area contributed by atoms with Crippen molar-refractivity contribution in [1.82, 2.24) is 0 Å². The summed E-state index contributed by atoms with van der Waals surface area (Å²) in [7, 11) is 0. The van der Waals surface area contributed by atoms with E-state index in [-0.39, 0.29) is 5.41 Å². The summed E-state index contributed by atoms with van der Waals surface area (Å²) in [6.07, 6.45) is 10.2. The van der Waals surface area contributed by atoms with Gasteiger partial charge in [-0.25, -0.2) is 0 Å². The Kier molecular flexibility index (Phi) is 12.3. The zero-order chi connectivity index (χ0) is 18.6. The van der Waals surface area contributed by atoms with Gasteiger partial charge in [0.1, 0.15) is 0 Å². The Morgan fingerprint density at radius 2 is 1.25 bits per heavy atom. The first-order chi connectivity index (χ1) is 11.2. The quantitative estimate of drug-likeness (QED) is 0.245. The molecule has 0 bridgehead atoms. The van der Waals surface area contributed by atoms with Crippen molar-refractivity contribution in [1.29, 1.82) is 0 Å². The van der Waals surface area contributed by atoms with E-state index in [1.54, 1.807) is 0 Å². The van der Waals surface area contributed by atoms with E-state index < -0.39 is 5.79 Å². The molecule has 2 heteroatoms. The molecule has 0 aromatic rings. The van der Waals surface area contributed by atoms with Crippen molar-refractivity contribution in [2.45, 2.75) is 113 Å². The summed E-state index contributed by atoms with van der Waals surface area (Å²) in [6, 6.07) is 0. The number of hydrogen-bond acceptors (Lipinski definition) is 2. The first kappa shape index (κ1) is 23.9. The topological polar surface area (TPSA) is 18.5 Å². The lowest BCUT2D eigenvalue weighted by Gasteiger charge is -2.47. The Bertz CT molecular complexity index is 285. The third kappa shape index (κ3) is 8.85. The molecule has 0 amide bonds. The first-order valence-corrected chi connectivity index (χ1v) is 10.5. The van der Waals surface area contributed by atoms with Gasteiger partial charge in [0, 0.05) is 25.6 Å². The van der Waals surface area contributed by atoms with Gasteiger partial charge in [-0.15, -0.1) is 0 Å². The van der Waals surface area contributed by atoms with Crippen LogP contribution in [-0.4, -0.2) is 19.0 Å². The molecule has 0 heterocycles. The summed E-state index contributed by atoms with van der Waals surface area (Å²) in [4.78, 5) is 0. The molecule has 0 fully saturated rings. The fraction of sp³-hybridized carbons (Fsp3) is 1.00. The molecular formula is C22H46O2. The Morgan fingerprint density at radius 1 is 0.750 bits per heavy atom. The van der Waals surface area contributed by atoms with E-state index in [0.717, 1.165) is 19.6 Å². The molecule has 0 spiro atoms. The maximum Gasteiger partial charge on any atom is 0.171 e. The molecule has 0 N–H and O–H groups in total. The highest BCUT2D eigenvalue weighted by Gasteiger charge is 2.46. The zero-order valence-electron chi connectivity index (χ0n) is 18.0. The lowest BCUT2D eigenvalue weighted by Crippen LogP contribution is -2.50. The van der Waals surface area contributed by atoms with Crippen LogP contribution in [0.1, 0.15) is 107 Å². The minimum absolute atomic E-state index is 0.183. The highest BCUT2D eigenvalue weighted by atomic mass is 16.7.